The van der Waals surface area contributed by atoms with Gasteiger partial charge in [-0.1, -0.05) is 30.3 Å². The minimum atomic E-state index is -0.326. The van der Waals surface area contributed by atoms with E-state index < -0.39 is 0 Å². The minimum absolute atomic E-state index is 0. The summed E-state index contributed by atoms with van der Waals surface area (Å²) in [6.07, 6.45) is 0.255. The maximum absolute atomic E-state index is 12.9. The van der Waals surface area contributed by atoms with Crippen molar-refractivity contribution in [3.63, 3.8) is 0 Å². The Hall–Kier alpha value is -2.77. The molecule has 1 unspecified atom stereocenters. The maximum Gasteiger partial charge on any atom is 0.254 e. The first-order valence-electron chi connectivity index (χ1n) is 9.62. The third-order valence-corrected chi connectivity index (χ3v) is 5.14. The summed E-state index contributed by atoms with van der Waals surface area (Å²) in [4.78, 5) is 29.0. The number of hydrogen-bond acceptors (Lipinski definition) is 5. The van der Waals surface area contributed by atoms with E-state index in [1.807, 2.05) is 30.3 Å². The van der Waals surface area contributed by atoms with E-state index in [2.05, 4.69) is 0 Å². The van der Waals surface area contributed by atoms with Crippen LogP contribution in [-0.4, -0.2) is 62.0 Å². The average Bonchev–Trinajstić information content (AvgIpc) is 2.78. The molecule has 0 aromatic heterocycles. The molecule has 3 rings (SSSR count). The molecule has 1 aliphatic rings. The van der Waals surface area contributed by atoms with Crippen LogP contribution in [0.2, 0.25) is 0 Å². The Morgan fingerprint density at radius 3 is 2.00 bits per heavy atom. The van der Waals surface area contributed by atoms with Crippen molar-refractivity contribution in [2.75, 3.05) is 40.4 Å². The van der Waals surface area contributed by atoms with E-state index in [0.29, 0.717) is 43.2 Å². The van der Waals surface area contributed by atoms with Gasteiger partial charge in [-0.15, -0.1) is 12.4 Å². The second-order valence-electron chi connectivity index (χ2n) is 7.00. The number of amides is 2. The predicted molar refractivity (Wildman–Crippen MR) is 117 cm³/mol. The lowest BCUT2D eigenvalue weighted by Crippen LogP contribution is -2.51. The summed E-state index contributed by atoms with van der Waals surface area (Å²) in [5, 5.41) is 0. The molecule has 1 fully saturated rings. The van der Waals surface area contributed by atoms with E-state index >= 15 is 0 Å². The van der Waals surface area contributed by atoms with E-state index in [1.165, 1.54) is 0 Å². The molecule has 0 aliphatic carbocycles. The molecule has 2 N–H and O–H groups in total. The second-order valence-corrected chi connectivity index (χ2v) is 7.00. The minimum Gasteiger partial charge on any atom is -0.497 e. The molecule has 1 heterocycles. The molecule has 2 aromatic rings. The topological polar surface area (TPSA) is 85.1 Å². The van der Waals surface area contributed by atoms with E-state index in [1.54, 1.807) is 42.2 Å². The number of benzene rings is 2. The molecule has 7 nitrogen and oxygen atoms in total. The Balaban J connectivity index is 0.00000320. The summed E-state index contributed by atoms with van der Waals surface area (Å²) in [6.45, 7) is 1.94. The van der Waals surface area contributed by atoms with Crippen LogP contribution in [0.5, 0.6) is 11.5 Å². The lowest BCUT2D eigenvalue weighted by Gasteiger charge is -2.35. The van der Waals surface area contributed by atoms with Gasteiger partial charge in [0.25, 0.3) is 5.91 Å². The monoisotopic (exact) mass is 433 g/mol. The van der Waals surface area contributed by atoms with Gasteiger partial charge >= 0.3 is 0 Å². The maximum atomic E-state index is 12.9. The van der Waals surface area contributed by atoms with Crippen LogP contribution in [0, 0.1) is 0 Å². The number of nitrogens with two attached hydrogens (primary N) is 1. The van der Waals surface area contributed by atoms with Gasteiger partial charge in [-0.25, -0.2) is 0 Å². The van der Waals surface area contributed by atoms with Crippen LogP contribution in [0.1, 0.15) is 28.4 Å². The molecular formula is C22H28ClN3O4. The van der Waals surface area contributed by atoms with Crippen molar-refractivity contribution < 1.29 is 19.1 Å². The zero-order valence-corrected chi connectivity index (χ0v) is 18.1. The van der Waals surface area contributed by atoms with Gasteiger partial charge < -0.3 is 25.0 Å². The standard InChI is InChI=1S/C22H27N3O4.ClH/c1-28-18-12-17(13-19(14-18)29-2)22(27)25-10-8-24(9-11-25)21(26)15-20(23)16-6-4-3-5-7-16;/h3-7,12-14,20H,8-11,15,23H2,1-2H3;1H. The van der Waals surface area contributed by atoms with Crippen LogP contribution in [-0.2, 0) is 4.79 Å². The Labute approximate surface area is 183 Å². The summed E-state index contributed by atoms with van der Waals surface area (Å²) in [6, 6.07) is 14.4. The first-order chi connectivity index (χ1) is 14.0. The smallest absolute Gasteiger partial charge is 0.254 e. The van der Waals surface area contributed by atoms with Crippen LogP contribution in [0.4, 0.5) is 0 Å². The number of carbonyl (C=O) groups excluding carboxylic acids is 2. The quantitative estimate of drug-likeness (QED) is 0.756. The van der Waals surface area contributed by atoms with Crippen molar-refractivity contribution in [2.45, 2.75) is 12.5 Å². The third-order valence-electron chi connectivity index (χ3n) is 5.14. The fourth-order valence-electron chi connectivity index (χ4n) is 3.41. The Morgan fingerprint density at radius 2 is 1.47 bits per heavy atom. The van der Waals surface area contributed by atoms with Gasteiger partial charge in [0.15, 0.2) is 0 Å². The molecule has 1 saturated heterocycles. The molecule has 2 amide bonds. The highest BCUT2D eigenvalue weighted by atomic mass is 35.5. The largest absolute Gasteiger partial charge is 0.497 e. The first kappa shape index (κ1) is 23.5. The molecule has 2 aromatic carbocycles. The van der Waals surface area contributed by atoms with E-state index in [-0.39, 0.29) is 36.7 Å². The van der Waals surface area contributed by atoms with Crippen LogP contribution < -0.4 is 15.2 Å². The van der Waals surface area contributed by atoms with Crippen molar-refractivity contribution in [1.82, 2.24) is 9.80 Å². The Morgan fingerprint density at radius 1 is 0.933 bits per heavy atom. The summed E-state index contributed by atoms with van der Waals surface area (Å²) >= 11 is 0. The van der Waals surface area contributed by atoms with Crippen LogP contribution in [0.25, 0.3) is 0 Å². The number of nitrogens with zero attached hydrogens (tertiary/aromatic N) is 2. The number of carbonyl (C=O) groups is 2. The summed E-state index contributed by atoms with van der Waals surface area (Å²) < 4.78 is 10.5. The van der Waals surface area contributed by atoms with E-state index in [4.69, 9.17) is 15.2 Å². The van der Waals surface area contributed by atoms with Crippen molar-refractivity contribution >= 4 is 24.2 Å². The van der Waals surface area contributed by atoms with Crippen molar-refractivity contribution in [2.24, 2.45) is 5.73 Å². The van der Waals surface area contributed by atoms with Crippen molar-refractivity contribution in [3.05, 3.63) is 59.7 Å². The van der Waals surface area contributed by atoms with E-state index in [9.17, 15) is 9.59 Å². The third kappa shape index (κ3) is 5.64. The van der Waals surface area contributed by atoms with Gasteiger partial charge in [-0.05, 0) is 17.7 Å². The van der Waals surface area contributed by atoms with Gasteiger partial charge in [0.2, 0.25) is 5.91 Å². The molecule has 0 spiro atoms. The summed E-state index contributed by atoms with van der Waals surface area (Å²) in [5.41, 5.74) is 7.63. The normalized spacial score (nSPS) is 14.5. The Kier molecular flexibility index (Phi) is 8.50. The zero-order valence-electron chi connectivity index (χ0n) is 17.2. The van der Waals surface area contributed by atoms with Crippen LogP contribution in [0.3, 0.4) is 0 Å². The predicted octanol–water partition coefficient (Wildman–Crippen LogP) is 2.50. The molecule has 0 bridgehead atoms. The SMILES string of the molecule is COc1cc(OC)cc(C(=O)N2CCN(C(=O)CC(N)c3ccccc3)CC2)c1.Cl. The summed E-state index contributed by atoms with van der Waals surface area (Å²) in [7, 11) is 3.10. The molecular weight excluding hydrogens is 406 g/mol. The van der Waals surface area contributed by atoms with Crippen molar-refractivity contribution in [1.29, 1.82) is 0 Å². The first-order valence-corrected chi connectivity index (χ1v) is 9.62. The second kappa shape index (κ2) is 10.8. The highest BCUT2D eigenvalue weighted by Crippen LogP contribution is 2.24. The molecule has 0 radical (unpaired) electrons. The molecule has 162 valence electrons. The van der Waals surface area contributed by atoms with Gasteiger partial charge in [-0.3, -0.25) is 9.59 Å². The highest BCUT2D eigenvalue weighted by Gasteiger charge is 2.26. The molecule has 0 saturated carbocycles. The van der Waals surface area contributed by atoms with E-state index in [0.717, 1.165) is 5.56 Å². The number of hydrogen-bond donors (Lipinski definition) is 1. The van der Waals surface area contributed by atoms with Crippen LogP contribution >= 0.6 is 12.4 Å². The number of rotatable bonds is 6. The number of ether oxygens (including phenoxy) is 2. The molecule has 1 aliphatic heterocycles. The highest BCUT2D eigenvalue weighted by molar-refractivity contribution is 5.95. The van der Waals surface area contributed by atoms with Gasteiger partial charge in [-0.2, -0.15) is 0 Å². The fraction of sp³-hybridized carbons (Fsp3) is 0.364. The Bertz CT molecular complexity index is 832. The zero-order chi connectivity index (χ0) is 20.8. The van der Waals surface area contributed by atoms with Gasteiger partial charge in [0.1, 0.15) is 11.5 Å². The van der Waals surface area contributed by atoms with Crippen LogP contribution in [0.15, 0.2) is 48.5 Å². The number of methoxy groups -OCH3 is 2. The van der Waals surface area contributed by atoms with Crippen molar-refractivity contribution in [3.8, 4) is 11.5 Å². The number of piperazine rings is 1. The molecule has 30 heavy (non-hydrogen) atoms. The lowest BCUT2D eigenvalue weighted by molar-refractivity contribution is -0.133. The molecule has 1 atom stereocenters. The number of halogens is 1. The average molecular weight is 434 g/mol. The fourth-order valence-corrected chi connectivity index (χ4v) is 3.41. The van der Waals surface area contributed by atoms with Gasteiger partial charge in [0.05, 0.1) is 14.2 Å². The molecule has 8 heteroatoms. The lowest BCUT2D eigenvalue weighted by atomic mass is 10.0. The summed E-state index contributed by atoms with van der Waals surface area (Å²) in [5.74, 6) is 1.04. The van der Waals surface area contributed by atoms with Gasteiger partial charge in [0, 0.05) is 50.3 Å².